The maximum atomic E-state index is 6.48. The Labute approximate surface area is 38.9 Å². The van der Waals surface area contributed by atoms with Crippen molar-refractivity contribution >= 4 is 6.21 Å². The van der Waals surface area contributed by atoms with Gasteiger partial charge in [0.05, 0.1) is 6.21 Å². The Bertz CT molecular complexity index is 39.2. The van der Waals surface area contributed by atoms with E-state index in [9.17, 15) is 0 Å². The van der Waals surface area contributed by atoms with Gasteiger partial charge in [0.15, 0.2) is 0 Å². The van der Waals surface area contributed by atoms with Crippen LogP contribution < -0.4 is 0 Å². The summed E-state index contributed by atoms with van der Waals surface area (Å²) in [6.45, 7) is 4.14. The number of nitrogens with one attached hydrogen (secondary N) is 1. The zero-order valence-electron chi connectivity index (χ0n) is 4.28. The van der Waals surface area contributed by atoms with Gasteiger partial charge in [0, 0.05) is 0 Å². The van der Waals surface area contributed by atoms with Crippen LogP contribution in [0.15, 0.2) is 0 Å². The van der Waals surface area contributed by atoms with E-state index >= 15 is 0 Å². The summed E-state index contributed by atoms with van der Waals surface area (Å²) >= 11 is 0. The molecule has 0 amide bonds. The maximum absolute atomic E-state index is 6.48. The molecule has 0 aromatic rings. The third-order valence-electron chi connectivity index (χ3n) is 0.510. The second-order valence-electron chi connectivity index (χ2n) is 1.77. The summed E-state index contributed by atoms with van der Waals surface area (Å²) < 4.78 is 0. The van der Waals surface area contributed by atoms with Crippen LogP contribution in [0, 0.1) is 11.3 Å². The van der Waals surface area contributed by atoms with E-state index in [2.05, 4.69) is 20.1 Å². The molecule has 0 atom stereocenters. The lowest BCUT2D eigenvalue weighted by Crippen LogP contribution is -1.84. The summed E-state index contributed by atoms with van der Waals surface area (Å²) in [5.41, 5.74) is 0. The molecule has 0 spiro atoms. The third kappa shape index (κ3) is 3.67. The highest BCUT2D eigenvalue weighted by Crippen LogP contribution is 1.92. The molecular formula is C5H10N. The quantitative estimate of drug-likeness (QED) is 0.491. The van der Waals surface area contributed by atoms with Gasteiger partial charge in [0.25, 0.3) is 0 Å². The number of hydrogen-bond acceptors (Lipinski definition) is 1. The highest BCUT2D eigenvalue weighted by Gasteiger charge is 1.84. The predicted octanol–water partition coefficient (Wildman–Crippen LogP) is 1.56. The second kappa shape index (κ2) is 2.88. The van der Waals surface area contributed by atoms with Crippen molar-refractivity contribution in [3.05, 3.63) is 0 Å². The Morgan fingerprint density at radius 1 is 1.67 bits per heavy atom. The molecular weight excluding hydrogens is 74.1 g/mol. The molecule has 0 aliphatic rings. The average Bonchev–Trinajstić information content (AvgIpc) is 1.35. The van der Waals surface area contributed by atoms with Crippen molar-refractivity contribution in [1.82, 2.24) is 0 Å². The van der Waals surface area contributed by atoms with Crippen molar-refractivity contribution < 1.29 is 0 Å². The monoisotopic (exact) mass is 84.1 g/mol. The maximum Gasteiger partial charge on any atom is 0.0523 e. The van der Waals surface area contributed by atoms with Crippen LogP contribution in [-0.4, -0.2) is 6.21 Å². The molecule has 0 fully saturated rings. The van der Waals surface area contributed by atoms with Crippen molar-refractivity contribution in [1.29, 1.82) is 5.41 Å². The van der Waals surface area contributed by atoms with Crippen LogP contribution in [-0.2, 0) is 0 Å². The molecule has 1 heteroatoms. The Balaban J connectivity index is 2.81. The average molecular weight is 84.1 g/mol. The predicted molar refractivity (Wildman–Crippen MR) is 27.2 cm³/mol. The van der Waals surface area contributed by atoms with Crippen LogP contribution in [0.4, 0.5) is 0 Å². The molecule has 1 radical (unpaired) electrons. The van der Waals surface area contributed by atoms with Crippen LogP contribution >= 0.6 is 0 Å². The summed E-state index contributed by atoms with van der Waals surface area (Å²) in [5.74, 6) is 0.600. The number of hydrogen-bond donors (Lipinski definition) is 1. The van der Waals surface area contributed by atoms with Crippen LogP contribution in [0.25, 0.3) is 0 Å². The standard InChI is InChI=1S/C5H10N/c1-5(2)3-4-6/h5-6H,3H2,1-2H3. The SMILES string of the molecule is CC(C)C[C]=N. The first kappa shape index (κ1) is 5.67. The van der Waals surface area contributed by atoms with E-state index in [1.54, 1.807) is 0 Å². The minimum absolute atomic E-state index is 0.600. The number of rotatable bonds is 2. The minimum atomic E-state index is 0.600. The molecule has 0 heterocycles. The van der Waals surface area contributed by atoms with Crippen molar-refractivity contribution in [3.8, 4) is 0 Å². The van der Waals surface area contributed by atoms with E-state index in [1.165, 1.54) is 0 Å². The van der Waals surface area contributed by atoms with Gasteiger partial charge in [-0.3, -0.25) is 0 Å². The van der Waals surface area contributed by atoms with E-state index in [-0.39, 0.29) is 0 Å². The summed E-state index contributed by atoms with van der Waals surface area (Å²) in [7, 11) is 0. The van der Waals surface area contributed by atoms with Gasteiger partial charge in [-0.1, -0.05) is 13.8 Å². The highest BCUT2D eigenvalue weighted by molar-refractivity contribution is 5.52. The lowest BCUT2D eigenvalue weighted by atomic mass is 10.2. The van der Waals surface area contributed by atoms with Gasteiger partial charge in [0.1, 0.15) is 0 Å². The zero-order chi connectivity index (χ0) is 4.99. The molecule has 0 rings (SSSR count). The minimum Gasteiger partial charge on any atom is -0.303 e. The van der Waals surface area contributed by atoms with E-state index < -0.39 is 0 Å². The molecule has 0 aliphatic carbocycles. The van der Waals surface area contributed by atoms with Gasteiger partial charge in [0.2, 0.25) is 0 Å². The highest BCUT2D eigenvalue weighted by atomic mass is 14.3. The first-order valence-electron chi connectivity index (χ1n) is 2.17. The van der Waals surface area contributed by atoms with Gasteiger partial charge in [-0.05, 0) is 12.3 Å². The molecule has 0 saturated carbocycles. The van der Waals surface area contributed by atoms with Crippen LogP contribution in [0.5, 0.6) is 0 Å². The van der Waals surface area contributed by atoms with Gasteiger partial charge in [-0.2, -0.15) is 0 Å². The van der Waals surface area contributed by atoms with Crippen molar-refractivity contribution in [3.63, 3.8) is 0 Å². The first-order chi connectivity index (χ1) is 2.77. The lowest BCUT2D eigenvalue weighted by molar-refractivity contribution is 0.689. The first-order valence-corrected chi connectivity index (χ1v) is 2.17. The molecule has 0 aromatic carbocycles. The molecule has 0 bridgehead atoms. The molecule has 0 saturated heterocycles. The Morgan fingerprint density at radius 3 is 2.17 bits per heavy atom. The summed E-state index contributed by atoms with van der Waals surface area (Å²) in [4.78, 5) is 0. The molecule has 0 unspecified atom stereocenters. The van der Waals surface area contributed by atoms with E-state index in [1.807, 2.05) is 0 Å². The lowest BCUT2D eigenvalue weighted by Gasteiger charge is -1.90. The summed E-state index contributed by atoms with van der Waals surface area (Å²) in [5, 5.41) is 6.48. The van der Waals surface area contributed by atoms with E-state index in [0.717, 1.165) is 6.42 Å². The van der Waals surface area contributed by atoms with Gasteiger partial charge in [-0.25, -0.2) is 0 Å². The fraction of sp³-hybridized carbons (Fsp3) is 0.800. The molecule has 6 heavy (non-hydrogen) atoms. The second-order valence-corrected chi connectivity index (χ2v) is 1.77. The van der Waals surface area contributed by atoms with Crippen molar-refractivity contribution in [2.45, 2.75) is 20.3 Å². The fourth-order valence-corrected chi connectivity index (χ4v) is 0.204. The largest absolute Gasteiger partial charge is 0.303 e. The summed E-state index contributed by atoms with van der Waals surface area (Å²) in [6, 6.07) is 0. The van der Waals surface area contributed by atoms with Crippen molar-refractivity contribution in [2.75, 3.05) is 0 Å². The molecule has 0 aliphatic heterocycles. The zero-order valence-corrected chi connectivity index (χ0v) is 4.28. The van der Waals surface area contributed by atoms with Crippen molar-refractivity contribution in [2.24, 2.45) is 5.92 Å². The van der Waals surface area contributed by atoms with Gasteiger partial charge in [-0.15, -0.1) is 0 Å². The van der Waals surface area contributed by atoms with Crippen LogP contribution in [0.3, 0.4) is 0 Å². The third-order valence-corrected chi connectivity index (χ3v) is 0.510. The normalized spacial score (nSPS) is 9.17. The van der Waals surface area contributed by atoms with Crippen LogP contribution in [0.1, 0.15) is 20.3 Å². The van der Waals surface area contributed by atoms with Gasteiger partial charge < -0.3 is 5.41 Å². The molecule has 1 N–H and O–H groups in total. The molecule has 0 aromatic heterocycles. The van der Waals surface area contributed by atoms with Gasteiger partial charge >= 0.3 is 0 Å². The molecule has 1 nitrogen and oxygen atoms in total. The molecule has 35 valence electrons. The van der Waals surface area contributed by atoms with Crippen LogP contribution in [0.2, 0.25) is 0 Å². The Morgan fingerprint density at radius 2 is 2.17 bits per heavy atom. The smallest absolute Gasteiger partial charge is 0.0523 e. The fourth-order valence-electron chi connectivity index (χ4n) is 0.204. The summed E-state index contributed by atoms with van der Waals surface area (Å²) in [6.07, 6.45) is 3.11. The topological polar surface area (TPSA) is 23.9 Å². The van der Waals surface area contributed by atoms with E-state index in [4.69, 9.17) is 5.41 Å². The Kier molecular flexibility index (Phi) is 2.73. The Hall–Kier alpha value is -0.330. The van der Waals surface area contributed by atoms with E-state index in [0.29, 0.717) is 5.92 Å².